The number of fused-ring (bicyclic) bond motifs is 1. The summed E-state index contributed by atoms with van der Waals surface area (Å²) in [7, 11) is 0. The first-order valence-electron chi connectivity index (χ1n) is 9.01. The number of aromatic nitrogens is 2. The van der Waals surface area contributed by atoms with Crippen LogP contribution in [0.4, 0.5) is 0 Å². The molecule has 1 saturated carbocycles. The maximum Gasteiger partial charge on any atom is 0.248 e. The quantitative estimate of drug-likeness (QED) is 0.811. The Balaban J connectivity index is 1.22. The second kappa shape index (κ2) is 6.80. The maximum absolute atomic E-state index is 12.3. The minimum Gasteiger partial charge on any atom is -0.372 e. The predicted molar refractivity (Wildman–Crippen MR) is 84.3 cm³/mol. The van der Waals surface area contributed by atoms with Crippen molar-refractivity contribution in [3.8, 4) is 0 Å². The van der Waals surface area contributed by atoms with Crippen molar-refractivity contribution < 1.29 is 18.8 Å². The van der Waals surface area contributed by atoms with Crippen LogP contribution in [0.1, 0.15) is 43.8 Å². The van der Waals surface area contributed by atoms with Crippen molar-refractivity contribution in [2.75, 3.05) is 19.7 Å². The third-order valence-corrected chi connectivity index (χ3v) is 5.38. The third-order valence-electron chi connectivity index (χ3n) is 5.38. The zero-order valence-electron chi connectivity index (χ0n) is 14.1. The second-order valence-electron chi connectivity index (χ2n) is 7.25. The van der Waals surface area contributed by atoms with E-state index >= 15 is 0 Å². The molecule has 0 N–H and O–H groups in total. The third kappa shape index (κ3) is 3.47. The van der Waals surface area contributed by atoms with Crippen LogP contribution in [-0.2, 0) is 20.7 Å². The van der Waals surface area contributed by atoms with Crippen molar-refractivity contribution >= 4 is 5.91 Å². The van der Waals surface area contributed by atoms with Gasteiger partial charge in [-0.05, 0) is 26.2 Å². The van der Waals surface area contributed by atoms with Crippen LogP contribution in [0.5, 0.6) is 0 Å². The molecule has 24 heavy (non-hydrogen) atoms. The summed E-state index contributed by atoms with van der Waals surface area (Å²) in [4.78, 5) is 18.5. The average molecular weight is 335 g/mol. The highest BCUT2D eigenvalue weighted by atomic mass is 16.5. The van der Waals surface area contributed by atoms with E-state index < -0.39 is 0 Å². The summed E-state index contributed by atoms with van der Waals surface area (Å²) in [5.41, 5.74) is 0. The monoisotopic (exact) mass is 335 g/mol. The van der Waals surface area contributed by atoms with Crippen LogP contribution in [0.3, 0.4) is 0 Å². The average Bonchev–Trinajstić information content (AvgIpc) is 3.29. The van der Waals surface area contributed by atoms with Gasteiger partial charge in [-0.25, -0.2) is 0 Å². The molecule has 2 aliphatic heterocycles. The fraction of sp³-hybridized carbons (Fsp3) is 0.824. The SMILES string of the molecule is Cc1noc(C[C@H]2C[C@H]3CN(C(=O)COC4CCCC4)C[C@H]3O2)n1. The molecular formula is C17H25N3O4. The van der Waals surface area contributed by atoms with E-state index in [1.54, 1.807) is 0 Å². The van der Waals surface area contributed by atoms with Crippen molar-refractivity contribution in [3.63, 3.8) is 0 Å². The van der Waals surface area contributed by atoms with Crippen LogP contribution >= 0.6 is 0 Å². The van der Waals surface area contributed by atoms with Gasteiger partial charge in [0.1, 0.15) is 6.61 Å². The van der Waals surface area contributed by atoms with E-state index in [1.165, 1.54) is 12.8 Å². The fourth-order valence-electron chi connectivity index (χ4n) is 4.15. The van der Waals surface area contributed by atoms with E-state index in [9.17, 15) is 4.79 Å². The molecule has 1 aromatic heterocycles. The van der Waals surface area contributed by atoms with Gasteiger partial charge in [-0.15, -0.1) is 0 Å². The lowest BCUT2D eigenvalue weighted by atomic mass is 10.0. The molecule has 0 spiro atoms. The normalized spacial score (nSPS) is 30.2. The summed E-state index contributed by atoms with van der Waals surface area (Å²) in [5, 5.41) is 3.81. The number of amides is 1. The van der Waals surface area contributed by atoms with Gasteiger partial charge in [0, 0.05) is 19.0 Å². The summed E-state index contributed by atoms with van der Waals surface area (Å²) in [5.74, 6) is 1.80. The molecule has 3 heterocycles. The minimum atomic E-state index is 0.101. The lowest BCUT2D eigenvalue weighted by molar-refractivity contribution is -0.138. The molecule has 1 aromatic rings. The molecule has 0 aromatic carbocycles. The van der Waals surface area contributed by atoms with Gasteiger partial charge < -0.3 is 18.9 Å². The Morgan fingerprint density at radius 2 is 2.17 bits per heavy atom. The van der Waals surface area contributed by atoms with Gasteiger partial charge in [-0.3, -0.25) is 4.79 Å². The first kappa shape index (κ1) is 16.0. The molecule has 3 aliphatic rings. The summed E-state index contributed by atoms with van der Waals surface area (Å²) in [6, 6.07) is 0. The number of rotatable bonds is 5. The highest BCUT2D eigenvalue weighted by Crippen LogP contribution is 2.34. The van der Waals surface area contributed by atoms with Crippen LogP contribution in [0, 0.1) is 12.8 Å². The van der Waals surface area contributed by atoms with Crippen LogP contribution in [0.15, 0.2) is 4.52 Å². The topological polar surface area (TPSA) is 77.7 Å². The van der Waals surface area contributed by atoms with Gasteiger partial charge in [0.2, 0.25) is 11.8 Å². The number of nitrogens with zero attached hydrogens (tertiary/aromatic N) is 3. The Labute approximate surface area is 141 Å². The lowest BCUT2D eigenvalue weighted by Crippen LogP contribution is -2.35. The molecule has 3 atom stereocenters. The number of hydrogen-bond donors (Lipinski definition) is 0. The van der Waals surface area contributed by atoms with E-state index in [0.29, 0.717) is 30.6 Å². The number of carbonyl (C=O) groups is 1. The van der Waals surface area contributed by atoms with Crippen molar-refractivity contribution in [1.29, 1.82) is 0 Å². The van der Waals surface area contributed by atoms with Crippen molar-refractivity contribution in [2.45, 2.75) is 63.8 Å². The standard InChI is InChI=1S/C17H25N3O4/c1-11-18-16(24-19-11)7-14-6-12-8-20(9-15(12)23-14)17(21)10-22-13-4-2-3-5-13/h12-15H,2-10H2,1H3/t12-,14+,15+/m0/s1. The van der Waals surface area contributed by atoms with Crippen molar-refractivity contribution in [1.82, 2.24) is 15.0 Å². The van der Waals surface area contributed by atoms with Gasteiger partial charge in [0.15, 0.2) is 5.82 Å². The predicted octanol–water partition coefficient (Wildman–Crippen LogP) is 1.50. The molecule has 7 nitrogen and oxygen atoms in total. The highest BCUT2D eigenvalue weighted by Gasteiger charge is 2.43. The van der Waals surface area contributed by atoms with E-state index in [4.69, 9.17) is 14.0 Å². The zero-order valence-corrected chi connectivity index (χ0v) is 14.1. The number of carbonyl (C=O) groups excluding carboxylic acids is 1. The minimum absolute atomic E-state index is 0.101. The Kier molecular flexibility index (Phi) is 4.54. The number of ether oxygens (including phenoxy) is 2. The largest absolute Gasteiger partial charge is 0.372 e. The molecule has 1 amide bonds. The van der Waals surface area contributed by atoms with Crippen LogP contribution < -0.4 is 0 Å². The second-order valence-corrected chi connectivity index (χ2v) is 7.25. The molecule has 3 fully saturated rings. The Morgan fingerprint density at radius 1 is 1.33 bits per heavy atom. The first-order chi connectivity index (χ1) is 11.7. The molecule has 0 unspecified atom stereocenters. The fourth-order valence-corrected chi connectivity index (χ4v) is 4.15. The Morgan fingerprint density at radius 3 is 2.88 bits per heavy atom. The molecule has 2 saturated heterocycles. The van der Waals surface area contributed by atoms with Gasteiger partial charge in [0.05, 0.1) is 24.7 Å². The Bertz CT molecular complexity index is 570. The molecule has 0 bridgehead atoms. The van der Waals surface area contributed by atoms with E-state index in [0.717, 1.165) is 25.8 Å². The lowest BCUT2D eigenvalue weighted by Gasteiger charge is -2.20. The molecule has 1 aliphatic carbocycles. The van der Waals surface area contributed by atoms with Crippen molar-refractivity contribution in [3.05, 3.63) is 11.7 Å². The molecule has 4 rings (SSSR count). The molecule has 7 heteroatoms. The molecular weight excluding hydrogens is 310 g/mol. The summed E-state index contributed by atoms with van der Waals surface area (Å²) < 4.78 is 17.0. The van der Waals surface area contributed by atoms with Crippen molar-refractivity contribution in [2.24, 2.45) is 5.92 Å². The van der Waals surface area contributed by atoms with Gasteiger partial charge in [-0.2, -0.15) is 4.98 Å². The summed E-state index contributed by atoms with van der Waals surface area (Å²) in [6.45, 7) is 3.48. The van der Waals surface area contributed by atoms with E-state index in [2.05, 4.69) is 10.1 Å². The number of aryl methyl sites for hydroxylation is 1. The first-order valence-corrected chi connectivity index (χ1v) is 9.01. The highest BCUT2D eigenvalue weighted by molar-refractivity contribution is 5.77. The number of hydrogen-bond acceptors (Lipinski definition) is 6. The smallest absolute Gasteiger partial charge is 0.248 e. The number of likely N-dealkylation sites (tertiary alicyclic amines) is 1. The zero-order chi connectivity index (χ0) is 16.5. The summed E-state index contributed by atoms with van der Waals surface area (Å²) >= 11 is 0. The van der Waals surface area contributed by atoms with Crippen LogP contribution in [0.2, 0.25) is 0 Å². The Hall–Kier alpha value is -1.47. The van der Waals surface area contributed by atoms with Crippen LogP contribution in [-0.4, -0.2) is 59.0 Å². The van der Waals surface area contributed by atoms with Gasteiger partial charge in [-0.1, -0.05) is 18.0 Å². The maximum atomic E-state index is 12.3. The van der Waals surface area contributed by atoms with E-state index in [1.807, 2.05) is 11.8 Å². The van der Waals surface area contributed by atoms with Gasteiger partial charge >= 0.3 is 0 Å². The summed E-state index contributed by atoms with van der Waals surface area (Å²) in [6.07, 6.45) is 6.78. The molecule has 132 valence electrons. The van der Waals surface area contributed by atoms with E-state index in [-0.39, 0.29) is 30.8 Å². The van der Waals surface area contributed by atoms with Gasteiger partial charge in [0.25, 0.3) is 0 Å². The molecule has 0 radical (unpaired) electrons. The van der Waals surface area contributed by atoms with Crippen LogP contribution in [0.25, 0.3) is 0 Å².